The minimum Gasteiger partial charge on any atom is -0.370 e. The maximum absolute atomic E-state index is 5.86. The highest BCUT2D eigenvalue weighted by Gasteiger charge is 2.16. The Balaban J connectivity index is 0.00000200. The number of hydrogen-bond acceptors (Lipinski definition) is 1. The first-order valence-corrected chi connectivity index (χ1v) is 7.24. The summed E-state index contributed by atoms with van der Waals surface area (Å²) in [5.74, 6) is 1.37. The summed E-state index contributed by atoms with van der Waals surface area (Å²) in [6.07, 6.45) is 4.99. The smallest absolute Gasteiger partial charge is 0.188 e. The number of benzene rings is 1. The van der Waals surface area contributed by atoms with Gasteiger partial charge in [-0.3, -0.25) is 4.99 Å². The van der Waals surface area contributed by atoms with Crippen LogP contribution in [-0.2, 0) is 6.42 Å². The van der Waals surface area contributed by atoms with E-state index in [4.69, 9.17) is 5.73 Å². The van der Waals surface area contributed by atoms with E-state index in [1.807, 2.05) is 0 Å². The zero-order chi connectivity index (χ0) is 13.7. The summed E-state index contributed by atoms with van der Waals surface area (Å²) in [5, 5.41) is 3.20. The van der Waals surface area contributed by atoms with Crippen molar-refractivity contribution < 1.29 is 0 Å². The molecule has 0 saturated heterocycles. The van der Waals surface area contributed by atoms with E-state index < -0.39 is 0 Å². The molecule has 0 aromatic heterocycles. The lowest BCUT2D eigenvalue weighted by Gasteiger charge is -2.23. The maximum Gasteiger partial charge on any atom is 0.188 e. The van der Waals surface area contributed by atoms with Gasteiger partial charge in [0.05, 0.1) is 0 Å². The predicted octanol–water partition coefficient (Wildman–Crippen LogP) is 3.17. The normalized spacial score (nSPS) is 15.4. The molecule has 1 fully saturated rings. The van der Waals surface area contributed by atoms with Crippen molar-refractivity contribution in [2.45, 2.75) is 39.5 Å². The molecule has 0 atom stereocenters. The molecule has 1 aliphatic rings. The number of rotatable bonds is 5. The van der Waals surface area contributed by atoms with Crippen molar-refractivity contribution in [3.63, 3.8) is 0 Å². The van der Waals surface area contributed by atoms with Crippen LogP contribution in [0, 0.1) is 19.8 Å². The van der Waals surface area contributed by atoms with Crippen molar-refractivity contribution in [2.24, 2.45) is 16.6 Å². The molecular formula is C16H26IN3. The van der Waals surface area contributed by atoms with Crippen LogP contribution in [0.4, 0.5) is 0 Å². The molecule has 0 unspecified atom stereocenters. The van der Waals surface area contributed by atoms with E-state index in [2.05, 4.69) is 42.4 Å². The van der Waals surface area contributed by atoms with Crippen molar-refractivity contribution >= 4 is 29.9 Å². The third-order valence-electron chi connectivity index (χ3n) is 3.75. The monoisotopic (exact) mass is 387 g/mol. The number of nitrogens with one attached hydrogen (secondary N) is 1. The van der Waals surface area contributed by atoms with E-state index in [1.165, 1.54) is 36.0 Å². The van der Waals surface area contributed by atoms with Crippen LogP contribution in [0.15, 0.2) is 23.2 Å². The van der Waals surface area contributed by atoms with E-state index in [1.54, 1.807) is 0 Å². The van der Waals surface area contributed by atoms with E-state index in [0.717, 1.165) is 25.4 Å². The Hall–Kier alpha value is -0.780. The molecule has 0 aliphatic heterocycles. The largest absolute Gasteiger partial charge is 0.370 e. The van der Waals surface area contributed by atoms with Gasteiger partial charge in [0.15, 0.2) is 5.96 Å². The van der Waals surface area contributed by atoms with Gasteiger partial charge in [-0.15, -0.1) is 24.0 Å². The van der Waals surface area contributed by atoms with Crippen LogP contribution in [0.1, 0.15) is 36.0 Å². The summed E-state index contributed by atoms with van der Waals surface area (Å²) < 4.78 is 0. The van der Waals surface area contributed by atoms with Crippen LogP contribution in [0.3, 0.4) is 0 Å². The number of nitrogens with zero attached hydrogens (tertiary/aromatic N) is 1. The third-order valence-corrected chi connectivity index (χ3v) is 3.75. The van der Waals surface area contributed by atoms with Gasteiger partial charge in [0.25, 0.3) is 0 Å². The van der Waals surface area contributed by atoms with Gasteiger partial charge < -0.3 is 11.1 Å². The Bertz CT molecular complexity index is 433. The van der Waals surface area contributed by atoms with Gasteiger partial charge in [0.1, 0.15) is 0 Å². The molecule has 0 amide bonds. The van der Waals surface area contributed by atoms with Crippen molar-refractivity contribution in [1.82, 2.24) is 5.32 Å². The molecule has 112 valence electrons. The summed E-state index contributed by atoms with van der Waals surface area (Å²) in [7, 11) is 0. The van der Waals surface area contributed by atoms with Crippen LogP contribution in [0.2, 0.25) is 0 Å². The Morgan fingerprint density at radius 3 is 2.45 bits per heavy atom. The second-order valence-corrected chi connectivity index (χ2v) is 5.70. The standard InChI is InChI=1S/C16H25N3.HI/c1-12-8-13(2)10-15(9-12)6-7-18-16(17)19-11-14-4-3-5-14;/h8-10,14H,3-7,11H2,1-2H3,(H3,17,18,19);1H. The van der Waals surface area contributed by atoms with Gasteiger partial charge in [0, 0.05) is 13.1 Å². The second kappa shape index (κ2) is 8.49. The summed E-state index contributed by atoms with van der Waals surface area (Å²) in [6.45, 7) is 6.02. The van der Waals surface area contributed by atoms with E-state index in [9.17, 15) is 0 Å². The quantitative estimate of drug-likeness (QED) is 0.463. The van der Waals surface area contributed by atoms with Gasteiger partial charge >= 0.3 is 0 Å². The lowest BCUT2D eigenvalue weighted by Crippen LogP contribution is -2.34. The van der Waals surface area contributed by atoms with Crippen LogP contribution in [0.25, 0.3) is 0 Å². The Kier molecular flexibility index (Phi) is 7.34. The molecule has 0 radical (unpaired) electrons. The van der Waals surface area contributed by atoms with E-state index >= 15 is 0 Å². The Morgan fingerprint density at radius 1 is 1.25 bits per heavy atom. The van der Waals surface area contributed by atoms with Crippen LogP contribution in [-0.4, -0.2) is 19.0 Å². The molecule has 3 N–H and O–H groups in total. The van der Waals surface area contributed by atoms with Crippen LogP contribution < -0.4 is 11.1 Å². The number of guanidine groups is 1. The fraction of sp³-hybridized carbons (Fsp3) is 0.562. The van der Waals surface area contributed by atoms with Crippen molar-refractivity contribution in [2.75, 3.05) is 13.1 Å². The summed E-state index contributed by atoms with van der Waals surface area (Å²) in [4.78, 5) is 4.40. The van der Waals surface area contributed by atoms with E-state index in [0.29, 0.717) is 5.96 Å². The maximum atomic E-state index is 5.86. The summed E-state index contributed by atoms with van der Waals surface area (Å²) in [5.41, 5.74) is 9.86. The lowest BCUT2D eigenvalue weighted by atomic mass is 9.86. The predicted molar refractivity (Wildman–Crippen MR) is 96.9 cm³/mol. The number of aryl methyl sites for hydroxylation is 2. The third kappa shape index (κ3) is 5.69. The van der Waals surface area contributed by atoms with Crippen molar-refractivity contribution in [3.8, 4) is 0 Å². The minimum atomic E-state index is 0. The number of halogens is 1. The van der Waals surface area contributed by atoms with Gasteiger partial charge in [-0.05, 0) is 44.6 Å². The molecule has 0 heterocycles. The van der Waals surface area contributed by atoms with E-state index in [-0.39, 0.29) is 24.0 Å². The molecule has 4 heteroatoms. The molecule has 1 aliphatic carbocycles. The summed E-state index contributed by atoms with van der Waals surface area (Å²) in [6, 6.07) is 6.66. The first-order chi connectivity index (χ1) is 9.13. The van der Waals surface area contributed by atoms with Crippen LogP contribution >= 0.6 is 24.0 Å². The van der Waals surface area contributed by atoms with Gasteiger partial charge in [-0.1, -0.05) is 35.7 Å². The van der Waals surface area contributed by atoms with Gasteiger partial charge in [-0.25, -0.2) is 0 Å². The molecule has 20 heavy (non-hydrogen) atoms. The molecule has 1 saturated carbocycles. The molecule has 1 aromatic carbocycles. The molecular weight excluding hydrogens is 361 g/mol. The average Bonchev–Trinajstić information content (AvgIpc) is 2.25. The number of aliphatic imine (C=N–C) groups is 1. The van der Waals surface area contributed by atoms with Crippen molar-refractivity contribution in [3.05, 3.63) is 34.9 Å². The highest BCUT2D eigenvalue weighted by molar-refractivity contribution is 14.0. The van der Waals surface area contributed by atoms with Crippen LogP contribution in [0.5, 0.6) is 0 Å². The molecule has 0 spiro atoms. The zero-order valence-corrected chi connectivity index (χ0v) is 14.8. The highest BCUT2D eigenvalue weighted by Crippen LogP contribution is 2.26. The zero-order valence-electron chi connectivity index (χ0n) is 12.5. The average molecular weight is 387 g/mol. The lowest BCUT2D eigenvalue weighted by molar-refractivity contribution is 0.326. The highest BCUT2D eigenvalue weighted by atomic mass is 127. The first kappa shape index (κ1) is 17.3. The van der Waals surface area contributed by atoms with Gasteiger partial charge in [0.2, 0.25) is 0 Å². The summed E-state index contributed by atoms with van der Waals surface area (Å²) >= 11 is 0. The Morgan fingerprint density at radius 2 is 1.90 bits per heavy atom. The topological polar surface area (TPSA) is 50.4 Å². The fourth-order valence-corrected chi connectivity index (χ4v) is 2.51. The van der Waals surface area contributed by atoms with Crippen molar-refractivity contribution in [1.29, 1.82) is 0 Å². The van der Waals surface area contributed by atoms with Gasteiger partial charge in [-0.2, -0.15) is 0 Å². The second-order valence-electron chi connectivity index (χ2n) is 5.70. The molecule has 0 bridgehead atoms. The minimum absolute atomic E-state index is 0. The molecule has 2 rings (SSSR count). The fourth-order valence-electron chi connectivity index (χ4n) is 2.51. The first-order valence-electron chi connectivity index (χ1n) is 7.24. The SMILES string of the molecule is Cc1cc(C)cc(CCNC(N)=NCC2CCC2)c1.I. The molecule has 3 nitrogen and oxygen atoms in total. The Labute approximate surface area is 139 Å². The molecule has 1 aromatic rings. The number of nitrogens with two attached hydrogens (primary N) is 1. The number of hydrogen-bond donors (Lipinski definition) is 2.